The van der Waals surface area contributed by atoms with Gasteiger partial charge in [-0.15, -0.1) is 0 Å². The maximum Gasteiger partial charge on any atom is 0.274 e. The van der Waals surface area contributed by atoms with Crippen LogP contribution < -0.4 is 10.6 Å². The zero-order valence-corrected chi connectivity index (χ0v) is 29.7. The second-order valence-electron chi connectivity index (χ2n) is 8.92. The van der Waals surface area contributed by atoms with Gasteiger partial charge in [-0.2, -0.15) is 0 Å². The van der Waals surface area contributed by atoms with Crippen molar-refractivity contribution in [3.05, 3.63) is 0 Å². The van der Waals surface area contributed by atoms with Gasteiger partial charge >= 0.3 is 0 Å². The van der Waals surface area contributed by atoms with Crippen molar-refractivity contribution in [1.82, 2.24) is 29.3 Å². The van der Waals surface area contributed by atoms with Crippen molar-refractivity contribution in [3.63, 3.8) is 0 Å². The Morgan fingerprint density at radius 3 is 0.947 bits per heavy atom. The van der Waals surface area contributed by atoms with Crippen LogP contribution in [0.3, 0.4) is 0 Å². The van der Waals surface area contributed by atoms with E-state index in [2.05, 4.69) is 24.5 Å². The second kappa shape index (κ2) is 22.4. The van der Waals surface area contributed by atoms with Gasteiger partial charge < -0.3 is 10.6 Å². The van der Waals surface area contributed by atoms with Crippen LogP contribution in [0.15, 0.2) is 0 Å². The number of piperidine rings is 1. The van der Waals surface area contributed by atoms with Gasteiger partial charge in [0.25, 0.3) is 18.7 Å². The van der Waals surface area contributed by atoms with Gasteiger partial charge in [-0.05, 0) is 39.0 Å². The van der Waals surface area contributed by atoms with Crippen molar-refractivity contribution >= 4 is 38.1 Å². The van der Waals surface area contributed by atoms with Gasteiger partial charge in [0.15, 0.2) is 0 Å². The fourth-order valence-corrected chi connectivity index (χ4v) is 15.3. The lowest BCUT2D eigenvalue weighted by Crippen LogP contribution is -2.46. The van der Waals surface area contributed by atoms with Gasteiger partial charge in [-0.3, -0.25) is 9.13 Å². The van der Waals surface area contributed by atoms with Crippen LogP contribution in [0.5, 0.6) is 0 Å². The van der Waals surface area contributed by atoms with E-state index < -0.39 is 18.7 Å². The standard InChI is InChI=1S/C17H40Cl2N4O2P2.C5H11N.C4H11N/c1-9-20(10-2)26(24,21(11-3)12-4)17(18,19)27(25,22(13-5)14-6)23(15-7)16-8;1-2-4-6-5-3-1;1-3-5-4-2/h9-16H2,1-8H3;6H,1-5H2;5H,3-4H2,1-2H3. The Balaban J connectivity index is 0. The predicted octanol–water partition coefficient (Wildman–Crippen LogP) is 7.20. The molecule has 0 aromatic rings. The quantitative estimate of drug-likeness (QED) is 0.138. The molecule has 0 radical (unpaired) electrons. The highest BCUT2D eigenvalue weighted by molar-refractivity contribution is 7.84. The molecule has 0 aromatic heterocycles. The topological polar surface area (TPSA) is 71.2 Å². The molecule has 1 aliphatic rings. The summed E-state index contributed by atoms with van der Waals surface area (Å²) in [7, 11) is -7.15. The van der Waals surface area contributed by atoms with Gasteiger partial charge in [-0.1, -0.05) is 98.9 Å². The molecule has 0 spiro atoms. The highest BCUT2D eigenvalue weighted by atomic mass is 35.5. The molecular formula is C26H62Cl2N6O2P2. The van der Waals surface area contributed by atoms with E-state index >= 15 is 0 Å². The maximum atomic E-state index is 14.6. The molecule has 1 heterocycles. The molecule has 12 heteroatoms. The first kappa shape index (κ1) is 40.9. The molecule has 0 aromatic carbocycles. The van der Waals surface area contributed by atoms with Crippen molar-refractivity contribution in [2.45, 2.75) is 92.3 Å². The molecule has 0 aliphatic carbocycles. The summed E-state index contributed by atoms with van der Waals surface area (Å²) in [5.41, 5.74) is 0. The lowest BCUT2D eigenvalue weighted by Gasteiger charge is -2.50. The summed E-state index contributed by atoms with van der Waals surface area (Å²) in [4.78, 5) is 0. The van der Waals surface area contributed by atoms with Gasteiger partial charge in [0.05, 0.1) is 0 Å². The molecule has 1 fully saturated rings. The minimum Gasteiger partial charge on any atom is -0.317 e. The second-order valence-corrected chi connectivity index (χ2v) is 17.4. The van der Waals surface area contributed by atoms with E-state index in [9.17, 15) is 9.13 Å². The zero-order chi connectivity index (χ0) is 29.8. The van der Waals surface area contributed by atoms with E-state index in [0.29, 0.717) is 52.4 Å². The predicted molar refractivity (Wildman–Crippen MR) is 172 cm³/mol. The molecule has 1 aliphatic heterocycles. The molecule has 0 amide bonds. The number of rotatable bonds is 16. The van der Waals surface area contributed by atoms with E-state index in [4.69, 9.17) is 23.2 Å². The Bertz CT molecular complexity index is 566. The van der Waals surface area contributed by atoms with Crippen molar-refractivity contribution in [1.29, 1.82) is 0 Å². The molecule has 1 saturated heterocycles. The Kier molecular flexibility index (Phi) is 24.1. The minimum absolute atomic E-state index is 0.516. The third-order valence-corrected chi connectivity index (χ3v) is 17.8. The summed E-state index contributed by atoms with van der Waals surface area (Å²) < 4.78 is 34.6. The fourth-order valence-electron chi connectivity index (χ4n) is 4.69. The van der Waals surface area contributed by atoms with Crippen molar-refractivity contribution < 1.29 is 9.13 Å². The highest BCUT2D eigenvalue weighted by Gasteiger charge is 2.66. The molecule has 232 valence electrons. The van der Waals surface area contributed by atoms with Crippen LogP contribution >= 0.6 is 38.1 Å². The summed E-state index contributed by atoms with van der Waals surface area (Å²) in [6, 6.07) is 0. The van der Waals surface area contributed by atoms with Crippen LogP contribution in [0, 0.1) is 0 Å². The van der Waals surface area contributed by atoms with Gasteiger partial charge in [0.1, 0.15) is 0 Å². The van der Waals surface area contributed by atoms with Gasteiger partial charge in [0, 0.05) is 52.4 Å². The number of hydrogen-bond acceptors (Lipinski definition) is 4. The third-order valence-electron chi connectivity index (χ3n) is 6.86. The monoisotopic (exact) mass is 622 g/mol. The summed E-state index contributed by atoms with van der Waals surface area (Å²) in [6.45, 7) is 28.5. The minimum atomic E-state index is -3.57. The molecular weight excluding hydrogens is 561 g/mol. The van der Waals surface area contributed by atoms with Crippen molar-refractivity contribution in [2.24, 2.45) is 0 Å². The number of nitrogens with zero attached hydrogens (tertiary/aromatic N) is 4. The van der Waals surface area contributed by atoms with Gasteiger partial charge in [-0.25, -0.2) is 18.7 Å². The van der Waals surface area contributed by atoms with Crippen molar-refractivity contribution in [2.75, 3.05) is 78.5 Å². The molecule has 1 rings (SSSR count). The molecule has 2 N–H and O–H groups in total. The van der Waals surface area contributed by atoms with E-state index in [-0.39, 0.29) is 0 Å². The van der Waals surface area contributed by atoms with E-state index in [1.165, 1.54) is 32.4 Å². The summed E-state index contributed by atoms with van der Waals surface area (Å²) in [5.74, 6) is 0. The Hall–Kier alpha value is 0.800. The first-order valence-electron chi connectivity index (χ1n) is 15.0. The average Bonchev–Trinajstić information content (AvgIpc) is 2.93. The molecule has 8 nitrogen and oxygen atoms in total. The first-order valence-corrected chi connectivity index (χ1v) is 19.0. The first-order chi connectivity index (χ1) is 18.0. The largest absolute Gasteiger partial charge is 0.317 e. The smallest absolute Gasteiger partial charge is 0.274 e. The van der Waals surface area contributed by atoms with Crippen molar-refractivity contribution in [3.8, 4) is 0 Å². The van der Waals surface area contributed by atoms with Crippen LogP contribution in [0.1, 0.15) is 88.5 Å². The van der Waals surface area contributed by atoms with Crippen LogP contribution in [-0.2, 0) is 9.13 Å². The van der Waals surface area contributed by atoms with Crippen LogP contribution in [0.2, 0.25) is 0 Å². The fraction of sp³-hybridized carbons (Fsp3) is 1.00. The lowest BCUT2D eigenvalue weighted by atomic mass is 10.2. The number of nitrogens with one attached hydrogen (secondary N) is 2. The molecule has 0 bridgehead atoms. The average molecular weight is 624 g/mol. The Morgan fingerprint density at radius 1 is 0.579 bits per heavy atom. The number of hydrogen-bond donors (Lipinski definition) is 2. The molecule has 0 saturated carbocycles. The third kappa shape index (κ3) is 10.6. The summed E-state index contributed by atoms with van der Waals surface area (Å²) in [5, 5.41) is 6.40. The van der Waals surface area contributed by atoms with Crippen LogP contribution in [0.25, 0.3) is 0 Å². The van der Waals surface area contributed by atoms with E-state index in [1.807, 2.05) is 55.4 Å². The molecule has 0 atom stereocenters. The Labute approximate surface area is 246 Å². The van der Waals surface area contributed by atoms with E-state index in [0.717, 1.165) is 13.1 Å². The lowest BCUT2D eigenvalue weighted by molar-refractivity contribution is 0.338. The zero-order valence-electron chi connectivity index (χ0n) is 26.4. The normalized spacial score (nSPS) is 14.9. The Morgan fingerprint density at radius 2 is 0.842 bits per heavy atom. The SMILES string of the molecule is C1CCNCC1.CCN(CC)P(=O)(N(CC)CC)C(Cl)(Cl)P(=O)(N(CC)CC)N(CC)CC.CCNCC. The maximum absolute atomic E-state index is 14.6. The van der Waals surface area contributed by atoms with E-state index in [1.54, 1.807) is 18.7 Å². The van der Waals surface area contributed by atoms with Crippen LogP contribution in [0.4, 0.5) is 0 Å². The summed E-state index contributed by atoms with van der Waals surface area (Å²) >= 11 is 14.1. The van der Waals surface area contributed by atoms with Crippen LogP contribution in [-0.4, -0.2) is 101 Å². The summed E-state index contributed by atoms with van der Waals surface area (Å²) in [6.07, 6.45) is 4.22. The molecule has 38 heavy (non-hydrogen) atoms. The van der Waals surface area contributed by atoms with Gasteiger partial charge in [0.2, 0.25) is 0 Å². The number of halogens is 2. The highest BCUT2D eigenvalue weighted by Crippen LogP contribution is 2.83. The number of alkyl halides is 2. The molecule has 0 unspecified atom stereocenters.